The smallest absolute Gasteiger partial charge is 0.150 e. The van der Waals surface area contributed by atoms with Gasteiger partial charge in [-0.3, -0.25) is 9.88 Å². The maximum atomic E-state index is 15.0. The predicted molar refractivity (Wildman–Crippen MR) is 119 cm³/mol. The van der Waals surface area contributed by atoms with Crippen molar-refractivity contribution in [3.8, 4) is 11.5 Å². The van der Waals surface area contributed by atoms with Crippen molar-refractivity contribution in [1.29, 1.82) is 0 Å². The number of halogens is 1. The first-order valence-electron chi connectivity index (χ1n) is 11.6. The number of pyridine rings is 1. The van der Waals surface area contributed by atoms with Crippen LogP contribution in [-0.4, -0.2) is 53.3 Å². The fourth-order valence-electron chi connectivity index (χ4n) is 5.80. The third-order valence-corrected chi connectivity index (χ3v) is 7.44. The van der Waals surface area contributed by atoms with Crippen LogP contribution in [-0.2, 0) is 0 Å². The Morgan fingerprint density at radius 3 is 2.68 bits per heavy atom. The number of anilines is 1. The molecule has 166 valence electrons. The molecular weight excluding hydrogens is 393 g/mol. The van der Waals surface area contributed by atoms with Gasteiger partial charge in [-0.05, 0) is 75.8 Å². The summed E-state index contributed by atoms with van der Waals surface area (Å²) in [5.41, 5.74) is 0.933. The second-order valence-corrected chi connectivity index (χ2v) is 9.61. The third-order valence-electron chi connectivity index (χ3n) is 7.44. The number of hydrogen-bond acceptors (Lipinski definition) is 5. The fourth-order valence-corrected chi connectivity index (χ4v) is 5.80. The van der Waals surface area contributed by atoms with Crippen LogP contribution >= 0.6 is 0 Å². The van der Waals surface area contributed by atoms with Crippen molar-refractivity contribution in [2.75, 3.05) is 31.1 Å². The quantitative estimate of drug-likeness (QED) is 0.775. The monoisotopic (exact) mass is 425 g/mol. The van der Waals surface area contributed by atoms with Crippen LogP contribution < -0.4 is 9.64 Å². The normalized spacial score (nSPS) is 29.4. The molecule has 3 aliphatic rings. The number of aliphatic hydroxyl groups excluding tert-OH is 1. The van der Waals surface area contributed by atoms with Crippen molar-refractivity contribution in [2.24, 2.45) is 5.41 Å². The lowest BCUT2D eigenvalue weighted by Gasteiger charge is -2.42. The number of likely N-dealkylation sites (tertiary alicyclic amines) is 1. The van der Waals surface area contributed by atoms with Crippen molar-refractivity contribution in [2.45, 2.75) is 57.1 Å². The highest BCUT2D eigenvalue weighted by atomic mass is 19.1. The first kappa shape index (κ1) is 20.7. The molecule has 5 nitrogen and oxygen atoms in total. The number of rotatable bonds is 4. The minimum Gasteiger partial charge on any atom is -0.456 e. The zero-order valence-electron chi connectivity index (χ0n) is 18.0. The average molecular weight is 426 g/mol. The van der Waals surface area contributed by atoms with E-state index in [2.05, 4.69) is 14.8 Å². The van der Waals surface area contributed by atoms with E-state index < -0.39 is 0 Å². The van der Waals surface area contributed by atoms with E-state index in [1.807, 2.05) is 18.2 Å². The molecule has 2 saturated heterocycles. The Balaban J connectivity index is 1.25. The van der Waals surface area contributed by atoms with Crippen LogP contribution in [0, 0.1) is 11.2 Å². The summed E-state index contributed by atoms with van der Waals surface area (Å²) in [7, 11) is 0. The van der Waals surface area contributed by atoms with Crippen molar-refractivity contribution < 1.29 is 14.2 Å². The van der Waals surface area contributed by atoms with Crippen LogP contribution in [0.3, 0.4) is 0 Å². The average Bonchev–Trinajstić information content (AvgIpc) is 3.18. The number of nitrogens with zero attached hydrogens (tertiary/aromatic N) is 3. The summed E-state index contributed by atoms with van der Waals surface area (Å²) in [5, 5.41) is 9.83. The first-order chi connectivity index (χ1) is 15.1. The molecule has 3 fully saturated rings. The number of piperidine rings is 1. The van der Waals surface area contributed by atoms with Crippen LogP contribution in [0.4, 0.5) is 10.1 Å². The second kappa shape index (κ2) is 8.75. The Hall–Kier alpha value is -2.18. The molecule has 6 heteroatoms. The zero-order valence-corrected chi connectivity index (χ0v) is 18.0. The first-order valence-corrected chi connectivity index (χ1v) is 11.6. The molecule has 1 aliphatic carbocycles. The van der Waals surface area contributed by atoms with Gasteiger partial charge >= 0.3 is 0 Å². The van der Waals surface area contributed by atoms with E-state index in [9.17, 15) is 5.11 Å². The Morgan fingerprint density at radius 2 is 1.90 bits per heavy atom. The largest absolute Gasteiger partial charge is 0.456 e. The Kier molecular flexibility index (Phi) is 5.85. The van der Waals surface area contributed by atoms with Gasteiger partial charge in [-0.15, -0.1) is 0 Å². The molecule has 2 aliphatic heterocycles. The maximum Gasteiger partial charge on any atom is 0.150 e. The van der Waals surface area contributed by atoms with Gasteiger partial charge in [-0.25, -0.2) is 4.39 Å². The van der Waals surface area contributed by atoms with E-state index in [-0.39, 0.29) is 17.3 Å². The molecule has 1 atom stereocenters. The molecule has 1 aromatic carbocycles. The van der Waals surface area contributed by atoms with Gasteiger partial charge < -0.3 is 14.7 Å². The van der Waals surface area contributed by atoms with E-state index in [1.165, 1.54) is 18.9 Å². The van der Waals surface area contributed by atoms with Gasteiger partial charge in [0.05, 0.1) is 18.0 Å². The molecule has 2 aromatic rings. The molecular formula is C25H32FN3O2. The molecule has 0 amide bonds. The molecule has 1 spiro atoms. The van der Waals surface area contributed by atoms with Gasteiger partial charge in [0.15, 0.2) is 0 Å². The summed E-state index contributed by atoms with van der Waals surface area (Å²) < 4.78 is 20.8. The van der Waals surface area contributed by atoms with Gasteiger partial charge in [0.1, 0.15) is 17.3 Å². The Bertz CT molecular complexity index is 888. The van der Waals surface area contributed by atoms with Crippen molar-refractivity contribution in [3.05, 3.63) is 48.5 Å². The molecule has 1 aromatic heterocycles. The van der Waals surface area contributed by atoms with Gasteiger partial charge in [-0.2, -0.15) is 0 Å². The highest BCUT2D eigenvalue weighted by Crippen LogP contribution is 2.43. The molecule has 1 N–H and O–H groups in total. The lowest BCUT2D eigenvalue weighted by Crippen LogP contribution is -2.46. The van der Waals surface area contributed by atoms with Gasteiger partial charge in [-0.1, -0.05) is 0 Å². The van der Waals surface area contributed by atoms with E-state index >= 15 is 4.39 Å². The third kappa shape index (κ3) is 4.55. The lowest BCUT2D eigenvalue weighted by molar-refractivity contribution is 0.0770. The minimum absolute atomic E-state index is 0.105. The van der Waals surface area contributed by atoms with E-state index in [0.717, 1.165) is 58.3 Å². The number of ether oxygens (including phenoxy) is 1. The summed E-state index contributed by atoms with van der Waals surface area (Å²) in [6.07, 6.45) is 10.8. The summed E-state index contributed by atoms with van der Waals surface area (Å²) in [4.78, 5) is 8.92. The molecule has 31 heavy (non-hydrogen) atoms. The van der Waals surface area contributed by atoms with Gasteiger partial charge in [0.2, 0.25) is 0 Å². The Labute approximate surface area is 183 Å². The van der Waals surface area contributed by atoms with E-state index in [1.54, 1.807) is 18.5 Å². The summed E-state index contributed by atoms with van der Waals surface area (Å²) in [6, 6.07) is 9.41. The molecule has 5 rings (SSSR count). The summed E-state index contributed by atoms with van der Waals surface area (Å²) in [6.45, 7) is 4.05. The maximum absolute atomic E-state index is 15.0. The summed E-state index contributed by atoms with van der Waals surface area (Å²) >= 11 is 0. The standard InChI is InChI=1S/C25H32FN3O2/c26-23-15-21(31-22-3-1-12-27-16-22)8-9-24(23)29-13-2-10-25(18-29)11-14-28(17-25)19-4-6-20(30)7-5-19/h1,3,8-9,12,15-16,19-20,30H,2,4-7,10-11,13-14,17-18H2/t19?,20?,25-/m1/s1. The number of aliphatic hydroxyl groups is 1. The molecule has 0 radical (unpaired) electrons. The summed E-state index contributed by atoms with van der Waals surface area (Å²) in [5.74, 6) is 0.870. The van der Waals surface area contributed by atoms with Crippen LogP contribution in [0.25, 0.3) is 0 Å². The van der Waals surface area contributed by atoms with E-state index in [4.69, 9.17) is 4.74 Å². The van der Waals surface area contributed by atoms with E-state index in [0.29, 0.717) is 23.2 Å². The number of hydrogen-bond donors (Lipinski definition) is 1. The second-order valence-electron chi connectivity index (χ2n) is 9.61. The minimum atomic E-state index is -0.227. The highest BCUT2D eigenvalue weighted by molar-refractivity contribution is 5.52. The zero-order chi connectivity index (χ0) is 21.3. The van der Waals surface area contributed by atoms with Crippen molar-refractivity contribution >= 4 is 5.69 Å². The lowest BCUT2D eigenvalue weighted by atomic mass is 9.79. The highest BCUT2D eigenvalue weighted by Gasteiger charge is 2.43. The topological polar surface area (TPSA) is 48.8 Å². The van der Waals surface area contributed by atoms with Crippen LogP contribution in [0.15, 0.2) is 42.7 Å². The predicted octanol–water partition coefficient (Wildman–Crippen LogP) is 4.61. The molecule has 0 unspecified atom stereocenters. The Morgan fingerprint density at radius 1 is 1.03 bits per heavy atom. The van der Waals surface area contributed by atoms with Crippen LogP contribution in [0.2, 0.25) is 0 Å². The van der Waals surface area contributed by atoms with Gasteiger partial charge in [0, 0.05) is 43.4 Å². The molecule has 0 bridgehead atoms. The fraction of sp³-hybridized carbons (Fsp3) is 0.560. The van der Waals surface area contributed by atoms with Crippen LogP contribution in [0.5, 0.6) is 11.5 Å². The SMILES string of the molecule is OC1CCC(N2CC[C@]3(CCCN(c4ccc(Oc5cccnc5)cc4F)C3)C2)CC1. The van der Waals surface area contributed by atoms with Gasteiger partial charge in [0.25, 0.3) is 0 Å². The van der Waals surface area contributed by atoms with Crippen LogP contribution in [0.1, 0.15) is 44.9 Å². The molecule has 1 saturated carbocycles. The van der Waals surface area contributed by atoms with Crippen molar-refractivity contribution in [1.82, 2.24) is 9.88 Å². The van der Waals surface area contributed by atoms with Crippen molar-refractivity contribution in [3.63, 3.8) is 0 Å². The molecule has 3 heterocycles. The number of benzene rings is 1. The number of aromatic nitrogens is 1.